The van der Waals surface area contributed by atoms with Crippen LogP contribution < -0.4 is 5.32 Å². The molecule has 1 saturated carbocycles. The second-order valence-corrected chi connectivity index (χ2v) is 7.67. The Morgan fingerprint density at radius 3 is 2.52 bits per heavy atom. The van der Waals surface area contributed by atoms with Gasteiger partial charge in [0.05, 0.1) is 6.07 Å². The summed E-state index contributed by atoms with van der Waals surface area (Å²) in [5.74, 6) is 0. The van der Waals surface area contributed by atoms with Gasteiger partial charge >= 0.3 is 0 Å². The number of nitriles is 1. The van der Waals surface area contributed by atoms with Crippen LogP contribution in [0.3, 0.4) is 0 Å². The summed E-state index contributed by atoms with van der Waals surface area (Å²) in [5.41, 5.74) is 0.249. The van der Waals surface area contributed by atoms with Gasteiger partial charge in [0.25, 0.3) is 0 Å². The van der Waals surface area contributed by atoms with Crippen molar-refractivity contribution in [2.45, 2.75) is 90.3 Å². The van der Waals surface area contributed by atoms with Crippen molar-refractivity contribution >= 4 is 0 Å². The van der Waals surface area contributed by atoms with Gasteiger partial charge in [-0.15, -0.1) is 0 Å². The second kappa shape index (κ2) is 6.67. The Morgan fingerprint density at radius 2 is 2.00 bits per heavy atom. The van der Waals surface area contributed by atoms with Gasteiger partial charge in [-0.3, -0.25) is 10.2 Å². The van der Waals surface area contributed by atoms with Crippen molar-refractivity contribution in [2.75, 3.05) is 13.1 Å². The fourth-order valence-electron chi connectivity index (χ4n) is 4.48. The lowest BCUT2D eigenvalue weighted by Crippen LogP contribution is -2.54. The molecule has 3 heteroatoms. The monoisotopic (exact) mass is 291 g/mol. The fourth-order valence-corrected chi connectivity index (χ4v) is 4.48. The first-order chi connectivity index (χ1) is 9.98. The average molecular weight is 291 g/mol. The Hall–Kier alpha value is -0.590. The Balaban J connectivity index is 2.03. The van der Waals surface area contributed by atoms with Crippen LogP contribution in [-0.2, 0) is 0 Å². The van der Waals surface area contributed by atoms with Crippen molar-refractivity contribution in [1.29, 1.82) is 5.26 Å². The van der Waals surface area contributed by atoms with E-state index in [-0.39, 0.29) is 5.54 Å². The standard InChI is InChI=1S/C18H33N3/c1-5-17(6-2)10-11-21(14-17)16-8-7-9-18(12-16,13-19)20-15(3)4/h15-16,20H,5-12,14H2,1-4H3. The maximum atomic E-state index is 9.72. The first-order valence-corrected chi connectivity index (χ1v) is 8.91. The highest BCUT2D eigenvalue weighted by Crippen LogP contribution is 2.41. The van der Waals surface area contributed by atoms with Crippen molar-refractivity contribution in [1.82, 2.24) is 10.2 Å². The molecule has 2 unspecified atom stereocenters. The molecule has 2 rings (SSSR count). The van der Waals surface area contributed by atoms with Crippen LogP contribution in [0.5, 0.6) is 0 Å². The molecule has 120 valence electrons. The largest absolute Gasteiger partial charge is 0.300 e. The number of nitrogens with one attached hydrogen (secondary N) is 1. The van der Waals surface area contributed by atoms with E-state index >= 15 is 0 Å². The van der Waals surface area contributed by atoms with Crippen LogP contribution in [0.25, 0.3) is 0 Å². The van der Waals surface area contributed by atoms with Gasteiger partial charge in [-0.05, 0) is 70.8 Å². The highest BCUT2D eigenvalue weighted by atomic mass is 15.2. The van der Waals surface area contributed by atoms with Crippen molar-refractivity contribution in [3.63, 3.8) is 0 Å². The molecule has 21 heavy (non-hydrogen) atoms. The summed E-state index contributed by atoms with van der Waals surface area (Å²) >= 11 is 0. The predicted molar refractivity (Wildman–Crippen MR) is 88.1 cm³/mol. The van der Waals surface area contributed by atoms with E-state index in [0.717, 1.165) is 12.8 Å². The van der Waals surface area contributed by atoms with Crippen LogP contribution in [0.1, 0.15) is 72.6 Å². The Kier molecular flexibility index (Phi) is 5.33. The third-order valence-corrected chi connectivity index (χ3v) is 5.99. The summed E-state index contributed by atoms with van der Waals surface area (Å²) in [5, 5.41) is 13.3. The minimum absolute atomic E-state index is 0.291. The van der Waals surface area contributed by atoms with Gasteiger partial charge < -0.3 is 0 Å². The van der Waals surface area contributed by atoms with Gasteiger partial charge in [-0.1, -0.05) is 13.8 Å². The lowest BCUT2D eigenvalue weighted by Gasteiger charge is -2.42. The van der Waals surface area contributed by atoms with E-state index in [1.807, 2.05) is 0 Å². The van der Waals surface area contributed by atoms with Crippen LogP contribution in [-0.4, -0.2) is 35.6 Å². The zero-order valence-corrected chi connectivity index (χ0v) is 14.4. The predicted octanol–water partition coefficient (Wildman–Crippen LogP) is 3.70. The smallest absolute Gasteiger partial charge is 0.108 e. The van der Waals surface area contributed by atoms with E-state index in [1.165, 1.54) is 45.2 Å². The third kappa shape index (κ3) is 3.60. The molecule has 3 nitrogen and oxygen atoms in total. The number of nitrogens with zero attached hydrogens (tertiary/aromatic N) is 2. The normalized spacial score (nSPS) is 33.2. The first kappa shape index (κ1) is 16.8. The fraction of sp³-hybridized carbons (Fsp3) is 0.944. The molecule has 0 aromatic heterocycles. The Labute approximate surface area is 131 Å². The minimum Gasteiger partial charge on any atom is -0.300 e. The third-order valence-electron chi connectivity index (χ3n) is 5.99. The van der Waals surface area contributed by atoms with Gasteiger partial charge in [0, 0.05) is 18.6 Å². The molecular formula is C18H33N3. The van der Waals surface area contributed by atoms with Crippen LogP contribution >= 0.6 is 0 Å². The second-order valence-electron chi connectivity index (χ2n) is 7.67. The highest BCUT2D eigenvalue weighted by Gasteiger charge is 2.43. The number of likely N-dealkylation sites (tertiary alicyclic amines) is 1. The van der Waals surface area contributed by atoms with E-state index in [9.17, 15) is 5.26 Å². The quantitative estimate of drug-likeness (QED) is 0.839. The summed E-state index contributed by atoms with van der Waals surface area (Å²) in [7, 11) is 0. The van der Waals surface area contributed by atoms with Crippen molar-refractivity contribution in [3.05, 3.63) is 0 Å². The zero-order chi connectivity index (χ0) is 15.5. The maximum Gasteiger partial charge on any atom is 0.108 e. The van der Waals surface area contributed by atoms with Crippen molar-refractivity contribution < 1.29 is 0 Å². The molecule has 0 spiro atoms. The van der Waals surface area contributed by atoms with Gasteiger partial charge in [0.1, 0.15) is 5.54 Å². The molecule has 2 atom stereocenters. The summed E-state index contributed by atoms with van der Waals surface area (Å²) in [4.78, 5) is 2.69. The van der Waals surface area contributed by atoms with Crippen LogP contribution in [0.2, 0.25) is 0 Å². The SMILES string of the molecule is CCC1(CC)CCN(C2CCCC(C#N)(NC(C)C)C2)C1. The van der Waals surface area contributed by atoms with Crippen LogP contribution in [0.15, 0.2) is 0 Å². The van der Waals surface area contributed by atoms with Crippen LogP contribution in [0, 0.1) is 16.7 Å². The summed E-state index contributed by atoms with van der Waals surface area (Å²) in [6, 6.07) is 3.60. The molecule has 1 aliphatic heterocycles. The molecule has 1 heterocycles. The van der Waals surface area contributed by atoms with Crippen LogP contribution in [0.4, 0.5) is 0 Å². The van der Waals surface area contributed by atoms with Gasteiger partial charge in [-0.2, -0.15) is 5.26 Å². The van der Waals surface area contributed by atoms with E-state index in [1.54, 1.807) is 0 Å². The lowest BCUT2D eigenvalue weighted by atomic mass is 9.78. The summed E-state index contributed by atoms with van der Waals surface area (Å²) < 4.78 is 0. The molecular weight excluding hydrogens is 258 g/mol. The van der Waals surface area contributed by atoms with Crippen molar-refractivity contribution in [2.24, 2.45) is 5.41 Å². The Bertz CT molecular complexity index is 380. The summed E-state index contributed by atoms with van der Waals surface area (Å²) in [6.45, 7) is 11.5. The van der Waals surface area contributed by atoms with Gasteiger partial charge in [0.2, 0.25) is 0 Å². The molecule has 0 radical (unpaired) electrons. The molecule has 2 fully saturated rings. The number of hydrogen-bond acceptors (Lipinski definition) is 3. The van der Waals surface area contributed by atoms with E-state index in [2.05, 4.69) is 44.0 Å². The minimum atomic E-state index is -0.291. The zero-order valence-electron chi connectivity index (χ0n) is 14.4. The van der Waals surface area contributed by atoms with Crippen molar-refractivity contribution in [3.8, 4) is 6.07 Å². The number of hydrogen-bond donors (Lipinski definition) is 1. The van der Waals surface area contributed by atoms with Gasteiger partial charge in [-0.25, -0.2) is 0 Å². The average Bonchev–Trinajstić information content (AvgIpc) is 2.92. The number of rotatable bonds is 5. The molecule has 1 N–H and O–H groups in total. The molecule has 1 saturated heterocycles. The lowest BCUT2D eigenvalue weighted by molar-refractivity contribution is 0.122. The molecule has 2 aliphatic rings. The van der Waals surface area contributed by atoms with Gasteiger partial charge in [0.15, 0.2) is 0 Å². The topological polar surface area (TPSA) is 39.1 Å². The Morgan fingerprint density at radius 1 is 1.29 bits per heavy atom. The first-order valence-electron chi connectivity index (χ1n) is 8.91. The highest BCUT2D eigenvalue weighted by molar-refractivity contribution is 5.12. The van der Waals surface area contributed by atoms with E-state index < -0.39 is 0 Å². The van der Waals surface area contributed by atoms with E-state index in [4.69, 9.17) is 0 Å². The molecule has 0 bridgehead atoms. The molecule has 1 aliphatic carbocycles. The molecule has 0 aromatic rings. The molecule has 0 amide bonds. The maximum absolute atomic E-state index is 9.72. The van der Waals surface area contributed by atoms with E-state index in [0.29, 0.717) is 17.5 Å². The summed E-state index contributed by atoms with van der Waals surface area (Å²) in [6.07, 6.45) is 8.39. The molecule has 0 aromatic carbocycles.